The first-order valence-corrected chi connectivity index (χ1v) is 16.5. The number of hydrogen-bond acceptors (Lipinski definition) is 5. The summed E-state index contributed by atoms with van der Waals surface area (Å²) in [6.45, 7) is 17.5. The highest BCUT2D eigenvalue weighted by molar-refractivity contribution is 6.24. The molecule has 2 aromatic rings. The van der Waals surface area contributed by atoms with Gasteiger partial charge in [0.05, 0.1) is 34.2 Å². The molecule has 256 valence electrons. The Balaban J connectivity index is 1.63. The van der Waals surface area contributed by atoms with Crippen LogP contribution in [0.2, 0.25) is 0 Å². The van der Waals surface area contributed by atoms with Gasteiger partial charge in [-0.25, -0.2) is 0 Å². The number of carbonyl (C=O) groups excluding carboxylic acids is 1. The zero-order valence-electron chi connectivity index (χ0n) is 29.2. The van der Waals surface area contributed by atoms with Gasteiger partial charge in [-0.05, 0) is 61.9 Å². The largest absolute Gasteiger partial charge is 0.495 e. The second kappa shape index (κ2) is 12.3. The number of halogens is 3. The molecule has 0 bridgehead atoms. The third-order valence-electron chi connectivity index (χ3n) is 9.91. The zero-order valence-corrected chi connectivity index (χ0v) is 29.2. The third kappa shape index (κ3) is 5.98. The van der Waals surface area contributed by atoms with Crippen molar-refractivity contribution in [2.24, 2.45) is 11.8 Å². The van der Waals surface area contributed by atoms with Crippen molar-refractivity contribution < 1.29 is 32.2 Å². The molecule has 0 radical (unpaired) electrons. The van der Waals surface area contributed by atoms with Gasteiger partial charge in [0.2, 0.25) is 11.5 Å². The van der Waals surface area contributed by atoms with Crippen LogP contribution >= 0.6 is 0 Å². The van der Waals surface area contributed by atoms with Crippen molar-refractivity contribution in [2.45, 2.75) is 85.2 Å². The number of alkyl halides is 3. The summed E-state index contributed by atoms with van der Waals surface area (Å²) < 4.78 is 49.3. The smallest absolute Gasteiger partial charge is 0.416 e. The quantitative estimate of drug-likeness (QED) is 0.110. The number of non-ortho nitro benzene ring substituents is 1. The summed E-state index contributed by atoms with van der Waals surface area (Å²) in [6, 6.07) is 8.79. The lowest BCUT2D eigenvalue weighted by atomic mass is 9.77. The number of ketones is 1. The third-order valence-corrected chi connectivity index (χ3v) is 9.91. The lowest BCUT2D eigenvalue weighted by Crippen LogP contribution is -2.33. The normalized spacial score (nSPS) is 20.0. The van der Waals surface area contributed by atoms with Gasteiger partial charge >= 0.3 is 6.18 Å². The maximum Gasteiger partial charge on any atom is 0.416 e. The van der Waals surface area contributed by atoms with Crippen LogP contribution in [0.4, 0.5) is 30.2 Å². The number of hydrogen-bond donors (Lipinski definition) is 0. The topological polar surface area (TPSA) is 75.7 Å². The van der Waals surface area contributed by atoms with Crippen LogP contribution in [0.3, 0.4) is 0 Å². The zero-order chi connectivity index (χ0) is 35.5. The number of benzene rings is 2. The molecule has 2 aromatic carbocycles. The molecule has 0 amide bonds. The molecule has 0 fully saturated rings. The first kappa shape index (κ1) is 35.1. The maximum atomic E-state index is 14.0. The molecule has 0 saturated carbocycles. The number of carbonyl (C=O) groups is 1. The van der Waals surface area contributed by atoms with E-state index in [1.165, 1.54) is 25.3 Å². The van der Waals surface area contributed by atoms with Crippen molar-refractivity contribution in [1.82, 2.24) is 0 Å². The van der Waals surface area contributed by atoms with Gasteiger partial charge in [-0.3, -0.25) is 14.9 Å². The molecule has 1 aliphatic carbocycles. The second-order valence-corrected chi connectivity index (χ2v) is 14.9. The number of nitrogens with zero attached hydrogens (tertiary/aromatic N) is 3. The van der Waals surface area contributed by atoms with Gasteiger partial charge in [0.25, 0.3) is 5.69 Å². The van der Waals surface area contributed by atoms with Crippen LogP contribution in [0.5, 0.6) is 0 Å². The number of fused-ring (bicyclic) bond motifs is 2. The first-order valence-electron chi connectivity index (χ1n) is 16.5. The van der Waals surface area contributed by atoms with E-state index in [-0.39, 0.29) is 11.5 Å². The molecule has 2 heterocycles. The fourth-order valence-corrected chi connectivity index (χ4v) is 6.99. The monoisotopic (exact) mass is 664 g/mol. The summed E-state index contributed by atoms with van der Waals surface area (Å²) in [5.41, 5.74) is 3.15. The molecule has 0 spiro atoms. The Hall–Kier alpha value is -4.21. The fraction of sp³-hybridized carbons (Fsp3) is 0.474. The molecule has 0 unspecified atom stereocenters. The van der Waals surface area contributed by atoms with E-state index in [2.05, 4.69) is 32.3 Å². The highest BCUT2D eigenvalue weighted by Crippen LogP contribution is 2.51. The summed E-state index contributed by atoms with van der Waals surface area (Å²) >= 11 is 0. The molecular formula is C38H45F3N3O4+. The van der Waals surface area contributed by atoms with E-state index < -0.39 is 27.5 Å². The highest BCUT2D eigenvalue weighted by Gasteiger charge is 2.48. The van der Waals surface area contributed by atoms with Crippen LogP contribution in [0.1, 0.15) is 84.9 Å². The maximum absolute atomic E-state index is 14.0. The molecule has 0 aromatic heterocycles. The Morgan fingerprint density at radius 2 is 1.62 bits per heavy atom. The molecule has 3 aliphatic rings. The minimum absolute atomic E-state index is 0.00944. The number of anilines is 1. The lowest BCUT2D eigenvalue weighted by Gasteiger charge is -2.30. The van der Waals surface area contributed by atoms with E-state index in [4.69, 9.17) is 4.74 Å². The molecule has 0 saturated heterocycles. The average molecular weight is 665 g/mol. The summed E-state index contributed by atoms with van der Waals surface area (Å²) in [4.78, 5) is 27.3. The molecular weight excluding hydrogens is 619 g/mol. The van der Waals surface area contributed by atoms with E-state index in [0.29, 0.717) is 53.1 Å². The molecule has 5 rings (SSSR count). The van der Waals surface area contributed by atoms with Crippen LogP contribution in [0.25, 0.3) is 0 Å². The van der Waals surface area contributed by atoms with E-state index in [9.17, 15) is 28.1 Å². The number of Topliss-reactive ketones (excluding diaryl/α,β-unsaturated/α-hetero) is 1. The van der Waals surface area contributed by atoms with Crippen molar-refractivity contribution >= 4 is 28.6 Å². The van der Waals surface area contributed by atoms with Crippen LogP contribution < -0.4 is 4.90 Å². The molecule has 2 aliphatic heterocycles. The average Bonchev–Trinajstić information content (AvgIpc) is 3.34. The van der Waals surface area contributed by atoms with Crippen LogP contribution in [-0.4, -0.2) is 41.2 Å². The van der Waals surface area contributed by atoms with Crippen LogP contribution in [-0.2, 0) is 26.5 Å². The number of allylic oxidation sites excluding steroid dienone is 5. The molecule has 10 heteroatoms. The summed E-state index contributed by atoms with van der Waals surface area (Å²) in [6.07, 6.45) is 0.826. The van der Waals surface area contributed by atoms with Gasteiger partial charge in [0.15, 0.2) is 5.71 Å². The molecule has 0 atom stereocenters. The van der Waals surface area contributed by atoms with Crippen molar-refractivity contribution in [3.63, 3.8) is 0 Å². The summed E-state index contributed by atoms with van der Waals surface area (Å²) in [5.74, 6) is 0.956. The van der Waals surface area contributed by atoms with Gasteiger partial charge < -0.3 is 9.64 Å². The lowest BCUT2D eigenvalue weighted by molar-refractivity contribution is -0.439. The summed E-state index contributed by atoms with van der Waals surface area (Å²) in [7, 11) is 1.51. The number of ether oxygens (including phenoxy) is 1. The van der Waals surface area contributed by atoms with E-state index in [1.54, 1.807) is 18.2 Å². The highest BCUT2D eigenvalue weighted by atomic mass is 19.4. The predicted octanol–water partition coefficient (Wildman–Crippen LogP) is 9.17. The molecule has 48 heavy (non-hydrogen) atoms. The van der Waals surface area contributed by atoms with E-state index in [0.717, 1.165) is 41.6 Å². The van der Waals surface area contributed by atoms with Gasteiger partial charge in [-0.15, -0.1) is 0 Å². The van der Waals surface area contributed by atoms with Crippen LogP contribution in [0, 0.1) is 22.0 Å². The Kier molecular flexibility index (Phi) is 9.03. The van der Waals surface area contributed by atoms with Gasteiger partial charge in [0.1, 0.15) is 12.3 Å². The first-order chi connectivity index (χ1) is 22.3. The van der Waals surface area contributed by atoms with Crippen molar-refractivity contribution in [1.29, 1.82) is 0 Å². The Bertz CT molecular complexity index is 1810. The van der Waals surface area contributed by atoms with Crippen molar-refractivity contribution in [3.05, 3.63) is 98.0 Å². The number of nitro groups is 1. The van der Waals surface area contributed by atoms with Gasteiger partial charge in [-0.1, -0.05) is 41.5 Å². The SMILES string of the molecule is COC1=C(/C=C2\N(CCC(C)C)c3ccc(C(F)(F)F)cc3C2(C)C)C(=O)/C1=C/C1=[N+](CCC(C)C)c2ccc([N+](=O)[O-])cc2C1(C)C. The number of rotatable bonds is 10. The van der Waals surface area contributed by atoms with Crippen molar-refractivity contribution in [3.8, 4) is 0 Å². The minimum Gasteiger partial charge on any atom is -0.495 e. The van der Waals surface area contributed by atoms with Gasteiger partial charge in [0, 0.05) is 59.6 Å². The van der Waals surface area contributed by atoms with Crippen molar-refractivity contribution in [2.75, 3.05) is 25.1 Å². The fourth-order valence-electron chi connectivity index (χ4n) is 6.99. The Morgan fingerprint density at radius 3 is 2.21 bits per heavy atom. The minimum atomic E-state index is -4.48. The Morgan fingerprint density at radius 1 is 0.958 bits per heavy atom. The second-order valence-electron chi connectivity index (χ2n) is 14.9. The molecule has 7 nitrogen and oxygen atoms in total. The van der Waals surface area contributed by atoms with E-state index in [1.807, 2.05) is 38.7 Å². The molecule has 0 N–H and O–H groups in total. The Labute approximate surface area is 280 Å². The standard InChI is InChI=1S/C38H45F3N3O4/c1-22(2)14-16-42-30-12-10-24(38(39,40)41)18-28(30)36(5,6)32(42)20-26-34(45)27(35(26)48-9)21-33-37(7,8)29-19-25(44(46)47)11-13-31(29)43(33)17-15-23(3)4/h10-13,18-23H,14-17H2,1-9H3/q+1. The summed E-state index contributed by atoms with van der Waals surface area (Å²) in [5, 5.41) is 11.6. The number of methoxy groups -OCH3 is 1. The van der Waals surface area contributed by atoms with Gasteiger partial charge in [-0.2, -0.15) is 17.7 Å². The predicted molar refractivity (Wildman–Crippen MR) is 182 cm³/mol. The van der Waals surface area contributed by atoms with Crippen LogP contribution in [0.15, 0.2) is 71.2 Å². The number of nitro benzene ring substituents is 1. The van der Waals surface area contributed by atoms with E-state index >= 15 is 0 Å².